The Balaban J connectivity index is -0.00000000214. The van der Waals surface area contributed by atoms with E-state index in [1.807, 2.05) is 0 Å². The van der Waals surface area contributed by atoms with E-state index >= 15 is 0 Å². The van der Waals surface area contributed by atoms with Crippen molar-refractivity contribution in [1.82, 2.24) is 0 Å². The molecule has 0 saturated carbocycles. The fraction of sp³-hybridized carbons (Fsp3) is 0. The molecule has 11 heavy (non-hydrogen) atoms. The zero-order valence-electron chi connectivity index (χ0n) is 5.01. The van der Waals surface area contributed by atoms with Gasteiger partial charge < -0.3 is 38.1 Å². The SMILES string of the molecule is O.O.O.O.O.O.O=[N+]([O-])O.[Ho]. The van der Waals surface area contributed by atoms with Crippen LogP contribution in [-0.4, -0.2) is 43.2 Å². The minimum absolute atomic E-state index is 0. The molecule has 1 radical (unpaired) electrons. The molecular weight excluding hydrogens is 323 g/mol. The van der Waals surface area contributed by atoms with E-state index in [0.29, 0.717) is 0 Å². The van der Waals surface area contributed by atoms with Gasteiger partial charge in [0, 0.05) is 37.7 Å². The molecule has 83 valence electrons. The summed E-state index contributed by atoms with van der Waals surface area (Å²) >= 11 is 0. The molecule has 0 unspecified atom stereocenters. The Morgan fingerprint density at radius 3 is 0.909 bits per heavy atom. The molecule has 0 aliphatic carbocycles. The smallest absolute Gasteiger partial charge is 0.291 e. The van der Waals surface area contributed by atoms with Crippen LogP contribution in [0.15, 0.2) is 0 Å². The van der Waals surface area contributed by atoms with E-state index in [9.17, 15) is 0 Å². The number of hydrogen-bond acceptors (Lipinski definition) is 2. The molecule has 0 rings (SSSR count). The molecule has 0 aromatic heterocycles. The van der Waals surface area contributed by atoms with Gasteiger partial charge in [-0.15, -0.1) is 10.1 Å². The van der Waals surface area contributed by atoms with Crippen molar-refractivity contribution < 1.29 is 80.9 Å². The quantitative estimate of drug-likeness (QED) is 0.258. The van der Waals surface area contributed by atoms with E-state index in [1.165, 1.54) is 0 Å². The maximum Gasteiger partial charge on any atom is 0.291 e. The third kappa shape index (κ3) is 14300. The van der Waals surface area contributed by atoms with Gasteiger partial charge in [0.25, 0.3) is 5.09 Å². The molecule has 0 heterocycles. The Kier molecular flexibility index (Phi) is 861. The van der Waals surface area contributed by atoms with Crippen LogP contribution < -0.4 is 0 Å². The summed E-state index contributed by atoms with van der Waals surface area (Å²) in [6.07, 6.45) is 0. The molecule has 0 amide bonds. The normalized spacial score (nSPS) is 2.18. The van der Waals surface area contributed by atoms with Gasteiger partial charge in [0.1, 0.15) is 0 Å². The van der Waals surface area contributed by atoms with Gasteiger partial charge in [0.15, 0.2) is 0 Å². The zero-order valence-corrected chi connectivity index (χ0v) is 6.95. The van der Waals surface area contributed by atoms with E-state index in [1.54, 1.807) is 0 Å². The predicted molar refractivity (Wildman–Crippen MR) is 30.5 cm³/mol. The molecule has 0 aromatic carbocycles. The summed E-state index contributed by atoms with van der Waals surface area (Å²) in [5, 5.41) is 13.6. The monoisotopic (exact) mass is 336 g/mol. The molecular formula is H13HoNO9. The van der Waals surface area contributed by atoms with Gasteiger partial charge in [-0.05, 0) is 0 Å². The molecule has 10 nitrogen and oxygen atoms in total. The Morgan fingerprint density at radius 2 is 0.909 bits per heavy atom. The Labute approximate surface area is 90.8 Å². The van der Waals surface area contributed by atoms with Crippen LogP contribution in [0.4, 0.5) is 0 Å². The molecule has 0 aromatic rings. The van der Waals surface area contributed by atoms with Gasteiger partial charge in [0.05, 0.1) is 0 Å². The molecule has 0 fully saturated rings. The van der Waals surface area contributed by atoms with Crippen LogP contribution in [0, 0.1) is 47.9 Å². The third-order valence-corrected chi connectivity index (χ3v) is 0. The van der Waals surface area contributed by atoms with Crippen molar-refractivity contribution in [3.05, 3.63) is 10.1 Å². The Morgan fingerprint density at radius 1 is 0.909 bits per heavy atom. The van der Waals surface area contributed by atoms with Crippen molar-refractivity contribution >= 4 is 0 Å². The molecule has 0 aliphatic rings. The first-order chi connectivity index (χ1) is 1.73. The van der Waals surface area contributed by atoms with E-state index in [2.05, 4.69) is 0 Å². The van der Waals surface area contributed by atoms with Crippen molar-refractivity contribution in [3.63, 3.8) is 0 Å². The predicted octanol–water partition coefficient (Wildman–Crippen LogP) is -5.30. The van der Waals surface area contributed by atoms with E-state index in [4.69, 9.17) is 15.3 Å². The molecule has 0 aliphatic heterocycles. The van der Waals surface area contributed by atoms with Crippen LogP contribution in [0.3, 0.4) is 0 Å². The summed E-state index contributed by atoms with van der Waals surface area (Å²) in [5.74, 6) is 0. The maximum absolute atomic E-state index is 8.36. The summed E-state index contributed by atoms with van der Waals surface area (Å²) in [6.45, 7) is 0. The van der Waals surface area contributed by atoms with E-state index in [0.717, 1.165) is 0 Å². The molecule has 0 saturated heterocycles. The first-order valence-electron chi connectivity index (χ1n) is 0.565. The fourth-order valence-electron chi connectivity index (χ4n) is 0. The summed E-state index contributed by atoms with van der Waals surface area (Å²) in [6, 6.07) is 0. The fourth-order valence-corrected chi connectivity index (χ4v) is 0. The van der Waals surface area contributed by atoms with Crippen LogP contribution in [-0.2, 0) is 0 Å². The summed E-state index contributed by atoms with van der Waals surface area (Å²) < 4.78 is 0. The second-order valence-corrected chi connectivity index (χ2v) is 0.238. The van der Waals surface area contributed by atoms with E-state index in [-0.39, 0.29) is 70.6 Å². The van der Waals surface area contributed by atoms with Crippen LogP contribution in [0.1, 0.15) is 0 Å². The first-order valence-corrected chi connectivity index (χ1v) is 0.565. The average molecular weight is 336 g/mol. The molecule has 0 bridgehead atoms. The largest absolute Gasteiger partial charge is 0.412 e. The first kappa shape index (κ1) is 113. The third-order valence-electron chi connectivity index (χ3n) is 0. The summed E-state index contributed by atoms with van der Waals surface area (Å²) in [7, 11) is 0. The minimum Gasteiger partial charge on any atom is -0.412 e. The number of rotatable bonds is 0. The van der Waals surface area contributed by atoms with Crippen molar-refractivity contribution in [1.29, 1.82) is 0 Å². The second kappa shape index (κ2) is 83.8. The molecule has 13 N–H and O–H groups in total. The standard InChI is InChI=1S/Ho.HNO3.6H2O/c;2-1(3)4;;;;;;/h;(H,2,3,4);6*1H2. The van der Waals surface area contributed by atoms with Crippen molar-refractivity contribution in [3.8, 4) is 0 Å². The van der Waals surface area contributed by atoms with Crippen molar-refractivity contribution in [2.45, 2.75) is 0 Å². The van der Waals surface area contributed by atoms with Gasteiger partial charge in [-0.1, -0.05) is 0 Å². The topological polar surface area (TPSA) is 252 Å². The van der Waals surface area contributed by atoms with E-state index < -0.39 is 5.09 Å². The van der Waals surface area contributed by atoms with Crippen LogP contribution in [0.25, 0.3) is 0 Å². The Bertz CT molecular complexity index is 32.5. The molecule has 11 heteroatoms. The van der Waals surface area contributed by atoms with Gasteiger partial charge in [-0.25, -0.2) is 0 Å². The van der Waals surface area contributed by atoms with Crippen LogP contribution >= 0.6 is 0 Å². The summed E-state index contributed by atoms with van der Waals surface area (Å²) in [5.41, 5.74) is 0. The minimum atomic E-state index is -1.50. The van der Waals surface area contributed by atoms with Crippen molar-refractivity contribution in [2.75, 3.05) is 0 Å². The Hall–Kier alpha value is 0.220. The molecule has 0 spiro atoms. The van der Waals surface area contributed by atoms with Crippen molar-refractivity contribution in [2.24, 2.45) is 0 Å². The summed E-state index contributed by atoms with van der Waals surface area (Å²) in [4.78, 5) is 8.36. The van der Waals surface area contributed by atoms with Gasteiger partial charge in [-0.3, -0.25) is 0 Å². The van der Waals surface area contributed by atoms with Crippen LogP contribution in [0.5, 0.6) is 0 Å². The average Bonchev–Trinajstić information content (AvgIpc) is 0.811. The van der Waals surface area contributed by atoms with Gasteiger partial charge in [-0.2, -0.15) is 0 Å². The molecule has 0 atom stereocenters. The maximum atomic E-state index is 8.36. The second-order valence-electron chi connectivity index (χ2n) is 0.238. The van der Waals surface area contributed by atoms with Crippen LogP contribution in [0.2, 0.25) is 0 Å². The number of nitrogens with zero attached hydrogens (tertiary/aromatic N) is 1. The van der Waals surface area contributed by atoms with Gasteiger partial charge in [0.2, 0.25) is 0 Å². The van der Waals surface area contributed by atoms with Gasteiger partial charge >= 0.3 is 0 Å². The zero-order chi connectivity index (χ0) is 3.58. The number of hydrogen-bond donors (Lipinski definition) is 1.